The highest BCUT2D eigenvalue weighted by Crippen LogP contribution is 2.27. The smallest absolute Gasteiger partial charge is 0.355 e. The molecule has 2 aliphatic heterocycles. The third-order valence-corrected chi connectivity index (χ3v) is 5.39. The fourth-order valence-electron chi connectivity index (χ4n) is 3.62. The van der Waals surface area contributed by atoms with Gasteiger partial charge in [0.15, 0.2) is 0 Å². The van der Waals surface area contributed by atoms with Gasteiger partial charge in [0.05, 0.1) is 26.4 Å². The Bertz CT molecular complexity index is 754. The van der Waals surface area contributed by atoms with Crippen molar-refractivity contribution in [2.75, 3.05) is 52.6 Å². The average molecular weight is 403 g/mol. The molecule has 1 aromatic carbocycles. The van der Waals surface area contributed by atoms with Crippen molar-refractivity contribution in [3.05, 3.63) is 41.1 Å². The van der Waals surface area contributed by atoms with Gasteiger partial charge in [-0.05, 0) is 50.7 Å². The van der Waals surface area contributed by atoms with Gasteiger partial charge >= 0.3 is 11.9 Å². The van der Waals surface area contributed by atoms with Crippen LogP contribution in [0.4, 0.5) is 5.69 Å². The number of anilines is 1. The second kappa shape index (κ2) is 9.87. The summed E-state index contributed by atoms with van der Waals surface area (Å²) >= 11 is 0. The minimum absolute atomic E-state index is 0.00614. The largest absolute Gasteiger partial charge is 0.466 e. The molecule has 0 atom stereocenters. The molecule has 2 aliphatic rings. The van der Waals surface area contributed by atoms with Gasteiger partial charge in [-0.25, -0.2) is 9.59 Å². The summed E-state index contributed by atoms with van der Waals surface area (Å²) in [6.45, 7) is 3.19. The molecule has 8 nitrogen and oxygen atoms in total. The fraction of sp³-hybridized carbons (Fsp3) is 0.524. The topological polar surface area (TPSA) is 80.3 Å². The van der Waals surface area contributed by atoms with E-state index in [1.165, 1.54) is 14.2 Å². The van der Waals surface area contributed by atoms with Crippen molar-refractivity contribution in [2.45, 2.75) is 25.4 Å². The van der Waals surface area contributed by atoms with Crippen LogP contribution in [0.15, 0.2) is 35.5 Å². The van der Waals surface area contributed by atoms with E-state index in [-0.39, 0.29) is 24.6 Å². The molecule has 2 heterocycles. The summed E-state index contributed by atoms with van der Waals surface area (Å²) in [4.78, 5) is 28.4. The van der Waals surface area contributed by atoms with Crippen LogP contribution >= 0.6 is 0 Å². The normalized spacial score (nSPS) is 18.7. The molecule has 3 rings (SSSR count). The van der Waals surface area contributed by atoms with Crippen LogP contribution in [0.5, 0.6) is 0 Å². The second-order valence-corrected chi connectivity index (χ2v) is 7.34. The molecule has 1 fully saturated rings. The van der Waals surface area contributed by atoms with Crippen LogP contribution in [0.1, 0.15) is 18.4 Å². The Morgan fingerprint density at radius 1 is 1.10 bits per heavy atom. The summed E-state index contributed by atoms with van der Waals surface area (Å²) in [5, 5.41) is 3.61. The number of methoxy groups -OCH3 is 2. The van der Waals surface area contributed by atoms with E-state index in [1.54, 1.807) is 4.90 Å². The van der Waals surface area contributed by atoms with Crippen LogP contribution in [0, 0.1) is 0 Å². The zero-order valence-electron chi connectivity index (χ0n) is 17.3. The van der Waals surface area contributed by atoms with Gasteiger partial charge < -0.3 is 29.3 Å². The highest BCUT2D eigenvalue weighted by molar-refractivity contribution is 6.03. The summed E-state index contributed by atoms with van der Waals surface area (Å²) in [6, 6.07) is 8.39. The third-order valence-electron chi connectivity index (χ3n) is 5.39. The minimum Gasteiger partial charge on any atom is -0.466 e. The van der Waals surface area contributed by atoms with E-state index in [4.69, 9.17) is 14.2 Å². The monoisotopic (exact) mass is 403 g/mol. The molecule has 0 aromatic heterocycles. The summed E-state index contributed by atoms with van der Waals surface area (Å²) in [6.07, 6.45) is 2.31. The first kappa shape index (κ1) is 21.3. The van der Waals surface area contributed by atoms with E-state index < -0.39 is 11.9 Å². The first-order chi connectivity index (χ1) is 14.0. The lowest BCUT2D eigenvalue weighted by atomic mass is 10.0. The number of hydrogen-bond donors (Lipinski definition) is 1. The molecule has 1 N–H and O–H groups in total. The van der Waals surface area contributed by atoms with Gasteiger partial charge in [-0.1, -0.05) is 12.1 Å². The van der Waals surface area contributed by atoms with Crippen molar-refractivity contribution >= 4 is 17.6 Å². The van der Waals surface area contributed by atoms with Crippen LogP contribution in [-0.2, 0) is 30.3 Å². The van der Waals surface area contributed by atoms with Crippen molar-refractivity contribution in [3.8, 4) is 0 Å². The summed E-state index contributed by atoms with van der Waals surface area (Å²) in [5.74, 6) is -1.20. The van der Waals surface area contributed by atoms with Gasteiger partial charge in [-0.15, -0.1) is 0 Å². The molecule has 29 heavy (non-hydrogen) atoms. The molecule has 1 saturated heterocycles. The molecule has 0 unspecified atom stereocenters. The van der Waals surface area contributed by atoms with Crippen LogP contribution in [0.3, 0.4) is 0 Å². The number of rotatable bonds is 6. The Hall–Kier alpha value is -2.42. The van der Waals surface area contributed by atoms with Crippen molar-refractivity contribution in [1.82, 2.24) is 10.2 Å². The molecule has 0 bridgehead atoms. The highest BCUT2D eigenvalue weighted by Gasteiger charge is 2.32. The maximum Gasteiger partial charge on any atom is 0.355 e. The number of piperidine rings is 1. The number of esters is 2. The lowest BCUT2D eigenvalue weighted by molar-refractivity contribution is -0.140. The summed E-state index contributed by atoms with van der Waals surface area (Å²) in [5.41, 5.74) is 2.21. The maximum atomic E-state index is 12.4. The van der Waals surface area contributed by atoms with E-state index >= 15 is 0 Å². The molecule has 8 heteroatoms. The Balaban J connectivity index is 1.72. The number of ether oxygens (including phenoxy) is 3. The van der Waals surface area contributed by atoms with Gasteiger partial charge in [0, 0.05) is 18.3 Å². The number of carbonyl (C=O) groups is 2. The second-order valence-electron chi connectivity index (χ2n) is 7.34. The Morgan fingerprint density at radius 2 is 1.76 bits per heavy atom. The van der Waals surface area contributed by atoms with Gasteiger partial charge in [-0.3, -0.25) is 0 Å². The molecule has 1 aromatic rings. The molecule has 0 radical (unpaired) electrons. The third kappa shape index (κ3) is 5.14. The average Bonchev–Trinajstić information content (AvgIpc) is 2.77. The first-order valence-corrected chi connectivity index (χ1v) is 9.79. The van der Waals surface area contributed by atoms with Crippen LogP contribution in [-0.4, -0.2) is 70.6 Å². The van der Waals surface area contributed by atoms with Crippen LogP contribution in [0.25, 0.3) is 0 Å². The van der Waals surface area contributed by atoms with Crippen molar-refractivity contribution in [1.29, 1.82) is 0 Å². The fourth-order valence-corrected chi connectivity index (χ4v) is 3.62. The molecular weight excluding hydrogens is 374 g/mol. The Labute approximate surface area is 171 Å². The number of nitrogens with zero attached hydrogens (tertiary/aromatic N) is 2. The van der Waals surface area contributed by atoms with Crippen LogP contribution in [0.2, 0.25) is 0 Å². The quantitative estimate of drug-likeness (QED) is 0.712. The number of benzene rings is 1. The molecule has 158 valence electrons. The number of likely N-dealkylation sites (tertiary alicyclic amines) is 1. The molecule has 0 amide bonds. The zero-order chi connectivity index (χ0) is 20.8. The van der Waals surface area contributed by atoms with Crippen molar-refractivity contribution in [3.63, 3.8) is 0 Å². The van der Waals surface area contributed by atoms with E-state index in [0.29, 0.717) is 6.04 Å². The predicted octanol–water partition coefficient (Wildman–Crippen LogP) is 1.26. The van der Waals surface area contributed by atoms with Crippen molar-refractivity contribution in [2.24, 2.45) is 0 Å². The lowest BCUT2D eigenvalue weighted by Crippen LogP contribution is -2.40. The molecule has 0 aliphatic carbocycles. The number of nitrogens with one attached hydrogen (secondary N) is 1. The maximum absolute atomic E-state index is 12.4. The minimum atomic E-state index is -0.603. The van der Waals surface area contributed by atoms with Crippen molar-refractivity contribution < 1.29 is 23.8 Å². The molecular formula is C21H29N3O5. The molecule has 0 saturated carbocycles. The number of hydrogen-bond acceptors (Lipinski definition) is 8. The summed E-state index contributed by atoms with van der Waals surface area (Å²) < 4.78 is 15.2. The van der Waals surface area contributed by atoms with Gasteiger partial charge in [0.25, 0.3) is 0 Å². The first-order valence-electron chi connectivity index (χ1n) is 9.79. The van der Waals surface area contributed by atoms with E-state index in [1.807, 2.05) is 24.3 Å². The SMILES string of the molecule is COC(=O)C1=C(C(=O)OC)N(c2ccc(CNC3CCN(C)CC3)cc2)COC1. The summed E-state index contributed by atoms with van der Waals surface area (Å²) in [7, 11) is 4.72. The Kier molecular flexibility index (Phi) is 7.24. The lowest BCUT2D eigenvalue weighted by Gasteiger charge is -2.31. The highest BCUT2D eigenvalue weighted by atomic mass is 16.5. The zero-order valence-corrected chi connectivity index (χ0v) is 17.3. The Morgan fingerprint density at radius 3 is 2.38 bits per heavy atom. The number of carbonyl (C=O) groups excluding carboxylic acids is 2. The van der Waals surface area contributed by atoms with Crippen LogP contribution < -0.4 is 10.2 Å². The van der Waals surface area contributed by atoms with Gasteiger partial charge in [-0.2, -0.15) is 0 Å². The van der Waals surface area contributed by atoms with E-state index in [2.05, 4.69) is 17.3 Å². The predicted molar refractivity (Wildman–Crippen MR) is 108 cm³/mol. The molecule has 0 spiro atoms. The van der Waals surface area contributed by atoms with Gasteiger partial charge in [0.2, 0.25) is 0 Å². The van der Waals surface area contributed by atoms with Gasteiger partial charge in [0.1, 0.15) is 12.4 Å². The van der Waals surface area contributed by atoms with E-state index in [9.17, 15) is 9.59 Å². The van der Waals surface area contributed by atoms with E-state index in [0.717, 1.165) is 43.7 Å². The standard InChI is InChI=1S/C21H29N3O5/c1-23-10-8-16(9-11-23)22-12-15-4-6-17(7-5-15)24-14-29-13-18(20(25)27-2)19(24)21(26)28-3/h4-7,16,22H,8-14H2,1-3H3.